The van der Waals surface area contributed by atoms with Crippen molar-refractivity contribution < 1.29 is 4.79 Å². The van der Waals surface area contributed by atoms with Crippen molar-refractivity contribution >= 4 is 17.5 Å². The highest BCUT2D eigenvalue weighted by atomic mass is 32.2. The van der Waals surface area contributed by atoms with Crippen LogP contribution in [-0.4, -0.2) is 11.0 Å². The van der Waals surface area contributed by atoms with E-state index in [0.29, 0.717) is 0 Å². The number of carbonyl (C=O) groups excluding carboxylic acids is 1. The van der Waals surface area contributed by atoms with Gasteiger partial charge in [-0.2, -0.15) is 0 Å². The number of Topliss-reactive ketones (excluding diaryl/α,β-unsaturated/α-hetero) is 1. The lowest BCUT2D eigenvalue weighted by Gasteiger charge is -2.09. The Bertz CT molecular complexity index is 400. The summed E-state index contributed by atoms with van der Waals surface area (Å²) in [5.41, 5.74) is 0. The molecule has 17 heavy (non-hydrogen) atoms. The number of benzene rings is 1. The molecular formula is C15H18OS. The molecule has 0 saturated carbocycles. The number of rotatable bonds is 5. The first-order valence-electron chi connectivity index (χ1n) is 5.96. The van der Waals surface area contributed by atoms with Gasteiger partial charge in [-0.1, -0.05) is 43.9 Å². The van der Waals surface area contributed by atoms with E-state index in [-0.39, 0.29) is 11.0 Å². The molecule has 0 amide bonds. The zero-order valence-corrected chi connectivity index (χ0v) is 11.2. The Morgan fingerprint density at radius 2 is 2.06 bits per heavy atom. The average molecular weight is 246 g/mol. The SMILES string of the molecule is CCCCC(C#CC(C)=O)Sc1ccccc1. The van der Waals surface area contributed by atoms with Crippen molar-refractivity contribution in [3.05, 3.63) is 30.3 Å². The molecule has 0 aliphatic rings. The molecule has 0 spiro atoms. The van der Waals surface area contributed by atoms with Gasteiger partial charge in [0, 0.05) is 11.8 Å². The molecule has 1 nitrogen and oxygen atoms in total. The molecule has 0 aliphatic carbocycles. The Morgan fingerprint density at radius 3 is 2.65 bits per heavy atom. The maximum Gasteiger partial charge on any atom is 0.202 e. The van der Waals surface area contributed by atoms with Gasteiger partial charge in [-0.25, -0.2) is 0 Å². The van der Waals surface area contributed by atoms with Crippen LogP contribution in [0.1, 0.15) is 33.1 Å². The molecule has 90 valence electrons. The molecule has 1 aromatic rings. The van der Waals surface area contributed by atoms with Crippen molar-refractivity contribution in [3.8, 4) is 11.8 Å². The Morgan fingerprint density at radius 1 is 1.35 bits per heavy atom. The highest BCUT2D eigenvalue weighted by molar-refractivity contribution is 8.00. The van der Waals surface area contributed by atoms with Crippen LogP contribution in [0.2, 0.25) is 0 Å². The van der Waals surface area contributed by atoms with Crippen molar-refractivity contribution in [2.45, 2.75) is 43.3 Å². The van der Waals surface area contributed by atoms with Crippen LogP contribution in [0.15, 0.2) is 35.2 Å². The predicted molar refractivity (Wildman–Crippen MR) is 74.1 cm³/mol. The standard InChI is InChI=1S/C15H18OS/c1-3-4-8-15(12-11-13(2)16)17-14-9-6-5-7-10-14/h5-7,9-10,15H,3-4,8H2,1-2H3. The van der Waals surface area contributed by atoms with Gasteiger partial charge in [-0.05, 0) is 24.5 Å². The summed E-state index contributed by atoms with van der Waals surface area (Å²) in [6.07, 6.45) is 3.35. The van der Waals surface area contributed by atoms with E-state index < -0.39 is 0 Å². The quantitative estimate of drug-likeness (QED) is 0.445. The fourth-order valence-electron chi connectivity index (χ4n) is 1.40. The van der Waals surface area contributed by atoms with Gasteiger partial charge in [-0.15, -0.1) is 11.8 Å². The van der Waals surface area contributed by atoms with Gasteiger partial charge in [0.15, 0.2) is 0 Å². The predicted octanol–water partition coefficient (Wildman–Crippen LogP) is 3.93. The van der Waals surface area contributed by atoms with Crippen molar-refractivity contribution in [1.82, 2.24) is 0 Å². The third kappa shape index (κ3) is 6.19. The summed E-state index contributed by atoms with van der Waals surface area (Å²) in [5.74, 6) is 5.68. The average Bonchev–Trinajstić information content (AvgIpc) is 2.34. The number of thioether (sulfide) groups is 1. The lowest BCUT2D eigenvalue weighted by atomic mass is 10.2. The lowest BCUT2D eigenvalue weighted by Crippen LogP contribution is -1.99. The zero-order chi connectivity index (χ0) is 12.5. The van der Waals surface area contributed by atoms with E-state index in [4.69, 9.17) is 0 Å². The first-order valence-corrected chi connectivity index (χ1v) is 6.84. The summed E-state index contributed by atoms with van der Waals surface area (Å²) in [6, 6.07) is 10.2. The molecule has 1 unspecified atom stereocenters. The Labute approximate surface area is 108 Å². The highest BCUT2D eigenvalue weighted by Crippen LogP contribution is 2.25. The molecule has 0 aromatic heterocycles. The van der Waals surface area contributed by atoms with E-state index in [1.54, 1.807) is 11.8 Å². The third-order valence-electron chi connectivity index (χ3n) is 2.25. The molecule has 0 radical (unpaired) electrons. The van der Waals surface area contributed by atoms with E-state index in [1.807, 2.05) is 18.2 Å². The van der Waals surface area contributed by atoms with Gasteiger partial charge in [0.2, 0.25) is 5.78 Å². The molecule has 0 saturated heterocycles. The summed E-state index contributed by atoms with van der Waals surface area (Å²) in [4.78, 5) is 12.1. The second-order valence-corrected chi connectivity index (χ2v) is 5.16. The van der Waals surface area contributed by atoms with Crippen LogP contribution < -0.4 is 0 Å². The minimum absolute atomic E-state index is 0.0554. The fraction of sp³-hybridized carbons (Fsp3) is 0.400. The third-order valence-corrected chi connectivity index (χ3v) is 3.43. The van der Waals surface area contributed by atoms with Crippen molar-refractivity contribution in [3.63, 3.8) is 0 Å². The molecular weight excluding hydrogens is 228 g/mol. The number of ketones is 1. The van der Waals surface area contributed by atoms with Crippen LogP contribution >= 0.6 is 11.8 Å². The molecule has 0 N–H and O–H groups in total. The molecule has 1 rings (SSSR count). The van der Waals surface area contributed by atoms with Gasteiger partial charge in [0.25, 0.3) is 0 Å². The van der Waals surface area contributed by atoms with Crippen LogP contribution in [0.25, 0.3) is 0 Å². The smallest absolute Gasteiger partial charge is 0.202 e. The number of hydrogen-bond acceptors (Lipinski definition) is 2. The molecule has 0 heterocycles. The lowest BCUT2D eigenvalue weighted by molar-refractivity contribution is -0.111. The zero-order valence-electron chi connectivity index (χ0n) is 10.4. The van der Waals surface area contributed by atoms with E-state index in [2.05, 4.69) is 30.9 Å². The summed E-state index contributed by atoms with van der Waals surface area (Å²) in [7, 11) is 0. The second-order valence-electron chi connectivity index (χ2n) is 3.89. The topological polar surface area (TPSA) is 17.1 Å². The Hall–Kier alpha value is -1.20. The Kier molecular flexibility index (Phi) is 6.50. The Balaban J connectivity index is 2.64. The largest absolute Gasteiger partial charge is 0.285 e. The maximum absolute atomic E-state index is 10.9. The van der Waals surface area contributed by atoms with Gasteiger partial charge < -0.3 is 0 Å². The fourth-order valence-corrected chi connectivity index (χ4v) is 2.44. The van der Waals surface area contributed by atoms with Crippen LogP contribution in [0.4, 0.5) is 0 Å². The van der Waals surface area contributed by atoms with Crippen molar-refractivity contribution in [2.75, 3.05) is 0 Å². The summed E-state index contributed by atoms with van der Waals surface area (Å²) >= 11 is 1.74. The van der Waals surface area contributed by atoms with Gasteiger partial charge in [-0.3, -0.25) is 4.79 Å². The van der Waals surface area contributed by atoms with Gasteiger partial charge >= 0.3 is 0 Å². The van der Waals surface area contributed by atoms with Crippen LogP contribution in [-0.2, 0) is 4.79 Å². The van der Waals surface area contributed by atoms with Crippen molar-refractivity contribution in [2.24, 2.45) is 0 Å². The maximum atomic E-state index is 10.9. The van der Waals surface area contributed by atoms with E-state index in [9.17, 15) is 4.79 Å². The molecule has 1 atom stereocenters. The first-order chi connectivity index (χ1) is 8.22. The first kappa shape index (κ1) is 13.9. The minimum atomic E-state index is -0.0554. The van der Waals surface area contributed by atoms with E-state index >= 15 is 0 Å². The summed E-state index contributed by atoms with van der Waals surface area (Å²) in [6.45, 7) is 3.68. The van der Waals surface area contributed by atoms with E-state index in [0.717, 1.165) is 19.3 Å². The molecule has 1 aromatic carbocycles. The second kappa shape index (κ2) is 7.97. The molecule has 0 bridgehead atoms. The minimum Gasteiger partial charge on any atom is -0.285 e. The summed E-state index contributed by atoms with van der Waals surface area (Å²) in [5, 5.41) is 0.223. The monoisotopic (exact) mass is 246 g/mol. The van der Waals surface area contributed by atoms with Gasteiger partial charge in [0.05, 0.1) is 5.25 Å². The molecule has 2 heteroatoms. The normalized spacial score (nSPS) is 11.4. The summed E-state index contributed by atoms with van der Waals surface area (Å²) < 4.78 is 0. The van der Waals surface area contributed by atoms with Gasteiger partial charge in [0.1, 0.15) is 0 Å². The number of carbonyl (C=O) groups is 1. The number of hydrogen-bond donors (Lipinski definition) is 0. The number of unbranched alkanes of at least 4 members (excludes halogenated alkanes) is 1. The van der Waals surface area contributed by atoms with Crippen LogP contribution in [0, 0.1) is 11.8 Å². The molecule has 0 fully saturated rings. The van der Waals surface area contributed by atoms with E-state index in [1.165, 1.54) is 11.8 Å². The van der Waals surface area contributed by atoms with Crippen LogP contribution in [0.5, 0.6) is 0 Å². The molecule has 0 aliphatic heterocycles. The van der Waals surface area contributed by atoms with Crippen molar-refractivity contribution in [1.29, 1.82) is 0 Å². The highest BCUT2D eigenvalue weighted by Gasteiger charge is 2.06. The van der Waals surface area contributed by atoms with Crippen LogP contribution in [0.3, 0.4) is 0 Å².